The Bertz CT molecular complexity index is 3320. The van der Waals surface area contributed by atoms with E-state index in [-0.39, 0.29) is 60.1 Å². The number of rotatable bonds is 32. The summed E-state index contributed by atoms with van der Waals surface area (Å²) in [4.78, 5) is 97.7. The Kier molecular flexibility index (Phi) is 20.2. The SMILES string of the molecule is CS1(C)c2cc(N3CCC3)ccc2C2(OC(=O)c3ccc(C(=O)NCCOCCOCCCCCCCl)cc32)c2ccc(N3CC(C(=O)Nc4ccc(N(CC(=O)O)CC(=O)O)c(OCCOc5ccccc5N(CC(=O)O)CC(=O)O)c4)C3)cc21. The summed E-state index contributed by atoms with van der Waals surface area (Å²) in [5, 5.41) is 44.3. The largest absolute Gasteiger partial charge is 0.488 e. The zero-order valence-corrected chi connectivity index (χ0v) is 49.5. The Labute approximate surface area is 504 Å². The van der Waals surface area contributed by atoms with Crippen molar-refractivity contribution in [2.45, 2.75) is 47.5 Å². The third-order valence-corrected chi connectivity index (χ3v) is 18.6. The van der Waals surface area contributed by atoms with Gasteiger partial charge in [0.25, 0.3) is 5.91 Å². The number of hydrogen-bond acceptors (Lipinski definition) is 16. The number of aliphatic carboxylic acids is 4. The Morgan fingerprint density at radius 3 is 1.83 bits per heavy atom. The molecule has 0 saturated carbocycles. The highest BCUT2D eigenvalue weighted by Gasteiger charge is 2.55. The molecule has 0 bridgehead atoms. The van der Waals surface area contributed by atoms with Gasteiger partial charge in [0.1, 0.15) is 50.9 Å². The quantitative estimate of drug-likeness (QED) is 0.0141. The van der Waals surface area contributed by atoms with Crippen molar-refractivity contribution in [2.24, 2.45) is 5.92 Å². The molecule has 5 aromatic rings. The average molecular weight is 1220 g/mol. The molecule has 0 aromatic heterocycles. The molecule has 0 aliphatic carbocycles. The van der Waals surface area contributed by atoms with E-state index >= 15 is 0 Å². The van der Waals surface area contributed by atoms with Crippen LogP contribution < -0.4 is 39.7 Å². The molecule has 9 rings (SSSR count). The molecule has 2 saturated heterocycles. The molecule has 1 atom stereocenters. The topological polar surface area (TPSA) is 284 Å². The number of anilines is 5. The van der Waals surface area contributed by atoms with Gasteiger partial charge in [0.2, 0.25) is 5.91 Å². The summed E-state index contributed by atoms with van der Waals surface area (Å²) in [5.74, 6) is -5.89. The summed E-state index contributed by atoms with van der Waals surface area (Å²) in [6.45, 7) is 1.60. The fourth-order valence-electron chi connectivity index (χ4n) is 11.1. The first kappa shape index (κ1) is 62.3. The number of nitrogens with zero attached hydrogens (tertiary/aromatic N) is 4. The molecule has 1 unspecified atom stereocenters. The molecule has 458 valence electrons. The smallest absolute Gasteiger partial charge is 0.340 e. The summed E-state index contributed by atoms with van der Waals surface area (Å²) >= 11 is 5.76. The van der Waals surface area contributed by atoms with Gasteiger partial charge in [0.05, 0.1) is 42.7 Å². The fraction of sp³-hybridized carbons (Fsp3) is 0.403. The molecule has 0 radical (unpaired) electrons. The number of carboxylic acids is 4. The van der Waals surface area contributed by atoms with Crippen LogP contribution in [0.5, 0.6) is 11.5 Å². The molecule has 4 aliphatic rings. The fourth-order valence-corrected chi connectivity index (χ4v) is 13.9. The second-order valence-electron chi connectivity index (χ2n) is 21.7. The van der Waals surface area contributed by atoms with E-state index < -0.39 is 77.6 Å². The number of halogens is 1. The van der Waals surface area contributed by atoms with Gasteiger partial charge in [0.15, 0.2) is 5.60 Å². The van der Waals surface area contributed by atoms with Gasteiger partial charge in [-0.3, -0.25) is 28.8 Å². The van der Waals surface area contributed by atoms with E-state index in [1.165, 1.54) is 30.3 Å². The number of nitrogens with one attached hydrogen (secondary N) is 2. The monoisotopic (exact) mass is 1220 g/mol. The molecule has 22 nitrogen and oxygen atoms in total. The molecule has 2 amide bonds. The highest BCUT2D eigenvalue weighted by molar-refractivity contribution is 8.32. The number of carboxylic acid groups (broad SMARTS) is 4. The maximum absolute atomic E-state index is 14.1. The molecule has 4 heterocycles. The molecule has 4 aliphatic heterocycles. The molecule has 24 heteroatoms. The first-order valence-corrected chi connectivity index (χ1v) is 31.4. The number of carbonyl (C=O) groups is 7. The van der Waals surface area contributed by atoms with Gasteiger partial charge in [-0.1, -0.05) is 37.1 Å². The summed E-state index contributed by atoms with van der Waals surface area (Å²) in [6.07, 6.45) is 9.67. The van der Waals surface area contributed by atoms with Crippen LogP contribution in [0.1, 0.15) is 69.5 Å². The number of carbonyl (C=O) groups excluding carboxylic acids is 3. The van der Waals surface area contributed by atoms with Crippen molar-refractivity contribution >= 4 is 91.7 Å². The second kappa shape index (κ2) is 27.9. The van der Waals surface area contributed by atoms with Crippen molar-refractivity contribution in [1.82, 2.24) is 5.32 Å². The first-order valence-electron chi connectivity index (χ1n) is 28.4. The highest BCUT2D eigenvalue weighted by Crippen LogP contribution is 2.69. The lowest BCUT2D eigenvalue weighted by atomic mass is 9.78. The molecule has 5 aromatic carbocycles. The van der Waals surface area contributed by atoms with Gasteiger partial charge >= 0.3 is 29.8 Å². The Hall–Kier alpha value is -8.25. The van der Waals surface area contributed by atoms with Gasteiger partial charge in [-0.25, -0.2) is 4.79 Å². The van der Waals surface area contributed by atoms with Gasteiger partial charge in [0, 0.05) is 100 Å². The standard InChI is InChI=1S/C62H71ClN6O16S/c1-86(2)53-32-43(66-22-9-23-66)14-17-46(53)62(48-30-40(12-16-45(48)61(80)85-62)59(78)64-21-25-82-27-26-81-24-8-4-3-7-20-63)47-18-15-44(33-54(47)86)67-34-41(35-67)60(79)65-42-13-19-50(69(38-57(74)75)39-58(76)77)52(31-42)84-29-28-83-51-11-6-5-10-49(51)68(36-55(70)71)37-56(72)73/h5-6,10-19,30-33,41H,3-4,7-9,20-29,34-39H2,1-2H3,(H,64,78)(H,65,79)(H,70,71)(H,72,73)(H,74,75)(H,76,77). The van der Waals surface area contributed by atoms with Gasteiger partial charge < -0.3 is 74.3 Å². The lowest BCUT2D eigenvalue weighted by molar-refractivity contribution is -0.138. The number of esters is 1. The number of ether oxygens (including phenoxy) is 5. The third kappa shape index (κ3) is 14.2. The van der Waals surface area contributed by atoms with Crippen molar-refractivity contribution in [1.29, 1.82) is 0 Å². The average Bonchev–Trinajstić information content (AvgIpc) is 1.33. The van der Waals surface area contributed by atoms with Crippen molar-refractivity contribution in [3.63, 3.8) is 0 Å². The summed E-state index contributed by atoms with van der Waals surface area (Å²) in [6, 6.07) is 28.2. The second-order valence-corrected chi connectivity index (χ2v) is 25.6. The summed E-state index contributed by atoms with van der Waals surface area (Å²) in [7, 11) is -1.82. The molecular weight excluding hydrogens is 1150 g/mol. The van der Waals surface area contributed by atoms with Gasteiger partial charge in [-0.05, 0) is 98.5 Å². The van der Waals surface area contributed by atoms with Crippen LogP contribution in [0.25, 0.3) is 0 Å². The highest BCUT2D eigenvalue weighted by atomic mass is 35.5. The van der Waals surface area contributed by atoms with Crippen LogP contribution >= 0.6 is 21.6 Å². The van der Waals surface area contributed by atoms with E-state index in [9.17, 15) is 54.0 Å². The zero-order valence-electron chi connectivity index (χ0n) is 47.9. The van der Waals surface area contributed by atoms with Crippen molar-refractivity contribution in [2.75, 3.05) is 142 Å². The van der Waals surface area contributed by atoms with E-state index in [0.717, 1.165) is 87.3 Å². The van der Waals surface area contributed by atoms with Crippen molar-refractivity contribution in [3.8, 4) is 11.5 Å². The van der Waals surface area contributed by atoms with Crippen LogP contribution in [0.2, 0.25) is 0 Å². The third-order valence-electron chi connectivity index (χ3n) is 15.5. The number of amides is 2. The number of benzene rings is 5. The van der Waals surface area contributed by atoms with Crippen LogP contribution in [-0.2, 0) is 43.8 Å². The molecular formula is C62H71ClN6O16S. The minimum atomic E-state index is -1.82. The predicted molar refractivity (Wildman–Crippen MR) is 324 cm³/mol. The molecule has 1 spiro atoms. The van der Waals surface area contributed by atoms with Gasteiger partial charge in [-0.15, -0.1) is 11.6 Å². The predicted octanol–water partition coefficient (Wildman–Crippen LogP) is 7.20. The number of para-hydroxylation sites is 2. The number of unbranched alkanes of at least 4 members (excludes halogenated alkanes) is 3. The zero-order chi connectivity index (χ0) is 61.1. The maximum atomic E-state index is 14.1. The number of fused-ring (bicyclic) bond motifs is 6. The van der Waals surface area contributed by atoms with E-state index in [2.05, 4.69) is 57.2 Å². The number of alkyl halides is 1. The van der Waals surface area contributed by atoms with Crippen LogP contribution in [0.15, 0.2) is 107 Å². The Balaban J connectivity index is 0.908. The summed E-state index contributed by atoms with van der Waals surface area (Å²) < 4.78 is 30.1. The van der Waals surface area contributed by atoms with E-state index in [4.69, 9.17) is 35.3 Å². The van der Waals surface area contributed by atoms with Crippen LogP contribution in [-0.4, -0.2) is 179 Å². The normalized spacial score (nSPS) is 16.5. The Morgan fingerprint density at radius 1 is 0.640 bits per heavy atom. The molecule has 2 fully saturated rings. The maximum Gasteiger partial charge on any atom is 0.340 e. The van der Waals surface area contributed by atoms with E-state index in [1.54, 1.807) is 30.3 Å². The molecule has 86 heavy (non-hydrogen) atoms. The van der Waals surface area contributed by atoms with E-state index in [0.29, 0.717) is 62.1 Å². The van der Waals surface area contributed by atoms with Crippen molar-refractivity contribution in [3.05, 3.63) is 125 Å². The summed E-state index contributed by atoms with van der Waals surface area (Å²) in [5.41, 5.74) is 4.07. The minimum Gasteiger partial charge on any atom is -0.488 e. The van der Waals surface area contributed by atoms with Crippen LogP contribution in [0.3, 0.4) is 0 Å². The molecule has 6 N–H and O–H groups in total. The lowest BCUT2D eigenvalue weighted by Crippen LogP contribution is -2.52. The van der Waals surface area contributed by atoms with Crippen LogP contribution in [0.4, 0.5) is 28.4 Å². The van der Waals surface area contributed by atoms with Crippen molar-refractivity contribution < 1.29 is 77.7 Å². The lowest BCUT2D eigenvalue weighted by Gasteiger charge is -2.49. The van der Waals surface area contributed by atoms with Gasteiger partial charge in [-0.2, -0.15) is 10.0 Å². The number of hydrogen-bond donors (Lipinski definition) is 6. The first-order chi connectivity index (χ1) is 41.4. The van der Waals surface area contributed by atoms with Crippen LogP contribution in [0, 0.1) is 5.92 Å². The van der Waals surface area contributed by atoms with E-state index in [1.807, 2.05) is 12.1 Å². The minimum absolute atomic E-state index is 0.0279. The Morgan fingerprint density at radius 2 is 1.22 bits per heavy atom.